The number of carbonyl (C=O) groups excluding carboxylic acids is 1. The molecule has 0 saturated carbocycles. The van der Waals surface area contributed by atoms with Crippen LogP contribution in [0.15, 0.2) is 24.4 Å². The second kappa shape index (κ2) is 7.78. The van der Waals surface area contributed by atoms with Crippen LogP contribution in [0.1, 0.15) is 53.0 Å². The average molecular weight is 341 g/mol. The first-order valence-electron chi connectivity index (χ1n) is 9.02. The van der Waals surface area contributed by atoms with Gasteiger partial charge in [-0.25, -0.2) is 4.68 Å². The van der Waals surface area contributed by atoms with Crippen LogP contribution >= 0.6 is 0 Å². The molecule has 1 amide bonds. The van der Waals surface area contributed by atoms with E-state index in [1.165, 1.54) is 16.7 Å². The Morgan fingerprint density at radius 3 is 2.64 bits per heavy atom. The van der Waals surface area contributed by atoms with Crippen molar-refractivity contribution in [1.29, 1.82) is 0 Å². The zero-order valence-corrected chi connectivity index (χ0v) is 15.2. The highest BCUT2D eigenvalue weighted by Gasteiger charge is 2.19. The van der Waals surface area contributed by atoms with E-state index in [9.17, 15) is 4.79 Å². The first-order chi connectivity index (χ1) is 12.0. The predicted octanol–water partition coefficient (Wildman–Crippen LogP) is 2.18. The largest absolute Gasteiger partial charge is 0.348 e. The Bertz CT molecular complexity index is 713. The van der Waals surface area contributed by atoms with Crippen molar-refractivity contribution in [3.05, 3.63) is 46.8 Å². The third kappa shape index (κ3) is 4.66. The van der Waals surface area contributed by atoms with E-state index in [0.29, 0.717) is 11.7 Å². The molecule has 2 N–H and O–H groups in total. The number of nitrogens with zero attached hydrogens (tertiary/aromatic N) is 3. The molecule has 25 heavy (non-hydrogen) atoms. The fourth-order valence-electron chi connectivity index (χ4n) is 3.52. The van der Waals surface area contributed by atoms with Gasteiger partial charge < -0.3 is 10.6 Å². The van der Waals surface area contributed by atoms with Crippen LogP contribution in [-0.4, -0.2) is 40.0 Å². The van der Waals surface area contributed by atoms with Crippen molar-refractivity contribution in [3.8, 4) is 0 Å². The minimum Gasteiger partial charge on any atom is -0.348 e. The quantitative estimate of drug-likeness (QED) is 0.874. The molecule has 1 aromatic carbocycles. The molecule has 1 atom stereocenters. The molecule has 1 saturated heterocycles. The summed E-state index contributed by atoms with van der Waals surface area (Å²) < 4.78 is 1.84. The molecular formula is C19H27N5O. The van der Waals surface area contributed by atoms with Crippen LogP contribution in [0.25, 0.3) is 0 Å². The van der Waals surface area contributed by atoms with Crippen LogP contribution in [0, 0.1) is 13.8 Å². The molecule has 0 spiro atoms. The van der Waals surface area contributed by atoms with E-state index < -0.39 is 0 Å². The Morgan fingerprint density at radius 1 is 1.28 bits per heavy atom. The van der Waals surface area contributed by atoms with E-state index in [1.807, 2.05) is 11.6 Å². The monoisotopic (exact) mass is 341 g/mol. The van der Waals surface area contributed by atoms with E-state index in [2.05, 4.69) is 53.0 Å². The third-order valence-corrected chi connectivity index (χ3v) is 4.63. The molecule has 3 rings (SSSR count). The summed E-state index contributed by atoms with van der Waals surface area (Å²) in [5, 5.41) is 14.6. The Hall–Kier alpha value is -2.21. The molecule has 134 valence electrons. The summed E-state index contributed by atoms with van der Waals surface area (Å²) >= 11 is 0. The Kier molecular flexibility index (Phi) is 5.48. The van der Waals surface area contributed by atoms with Gasteiger partial charge in [-0.15, -0.1) is 5.10 Å². The van der Waals surface area contributed by atoms with Gasteiger partial charge in [-0.2, -0.15) is 0 Å². The molecule has 2 aromatic rings. The molecule has 1 unspecified atom stereocenters. The van der Waals surface area contributed by atoms with Gasteiger partial charge in [0, 0.05) is 6.04 Å². The fourth-order valence-corrected chi connectivity index (χ4v) is 3.52. The first-order valence-corrected chi connectivity index (χ1v) is 9.02. The van der Waals surface area contributed by atoms with E-state index >= 15 is 0 Å². The molecule has 6 heteroatoms. The number of aryl methyl sites for hydroxylation is 2. The minimum atomic E-state index is -0.156. The molecule has 1 aliphatic heterocycles. The zero-order chi connectivity index (χ0) is 17.8. The normalized spacial score (nSPS) is 16.6. The van der Waals surface area contributed by atoms with Crippen LogP contribution in [0.2, 0.25) is 0 Å². The lowest BCUT2D eigenvalue weighted by Gasteiger charge is -2.22. The second-order valence-electron chi connectivity index (χ2n) is 7.14. The number of aromatic nitrogens is 3. The van der Waals surface area contributed by atoms with Gasteiger partial charge in [0.15, 0.2) is 5.69 Å². The molecule has 6 nitrogen and oxygen atoms in total. The van der Waals surface area contributed by atoms with E-state index in [1.54, 1.807) is 6.20 Å². The molecule has 0 aliphatic carbocycles. The lowest BCUT2D eigenvalue weighted by molar-refractivity contribution is 0.0935. The molecule has 0 radical (unpaired) electrons. The van der Waals surface area contributed by atoms with Crippen LogP contribution < -0.4 is 10.6 Å². The summed E-state index contributed by atoms with van der Waals surface area (Å²) in [6.45, 7) is 8.18. The van der Waals surface area contributed by atoms with E-state index in [-0.39, 0.29) is 11.9 Å². The second-order valence-corrected chi connectivity index (χ2v) is 7.14. The van der Waals surface area contributed by atoms with Crippen molar-refractivity contribution < 1.29 is 4.79 Å². The summed E-state index contributed by atoms with van der Waals surface area (Å²) in [4.78, 5) is 12.4. The maximum Gasteiger partial charge on any atom is 0.273 e. The van der Waals surface area contributed by atoms with Gasteiger partial charge in [0.2, 0.25) is 0 Å². The SMILES string of the molecule is Cc1cc(C)cc(CC(C)NC(=O)c2cn(C3CCNCC3)nn2)c1. The lowest BCUT2D eigenvalue weighted by atomic mass is 10.0. The Morgan fingerprint density at radius 2 is 1.96 bits per heavy atom. The molecule has 2 heterocycles. The predicted molar refractivity (Wildman–Crippen MR) is 97.7 cm³/mol. The maximum absolute atomic E-state index is 12.4. The van der Waals surface area contributed by atoms with Crippen molar-refractivity contribution in [2.75, 3.05) is 13.1 Å². The molecule has 1 fully saturated rings. The van der Waals surface area contributed by atoms with Crippen molar-refractivity contribution in [2.24, 2.45) is 0 Å². The van der Waals surface area contributed by atoms with Crippen LogP contribution in [0.5, 0.6) is 0 Å². The summed E-state index contributed by atoms with van der Waals surface area (Å²) in [6.07, 6.45) is 4.62. The molecule has 1 aliphatic rings. The summed E-state index contributed by atoms with van der Waals surface area (Å²) in [7, 11) is 0. The van der Waals surface area contributed by atoms with E-state index in [4.69, 9.17) is 0 Å². The van der Waals surface area contributed by atoms with Crippen molar-refractivity contribution in [2.45, 2.75) is 52.1 Å². The molecule has 0 bridgehead atoms. The van der Waals surface area contributed by atoms with Gasteiger partial charge in [0.05, 0.1) is 12.2 Å². The number of piperidine rings is 1. The molecular weight excluding hydrogens is 314 g/mol. The van der Waals surface area contributed by atoms with Gasteiger partial charge in [0.1, 0.15) is 0 Å². The van der Waals surface area contributed by atoms with Gasteiger partial charge in [-0.05, 0) is 58.7 Å². The number of benzene rings is 1. The standard InChI is InChI=1S/C19H27N5O/c1-13-8-14(2)10-16(9-13)11-15(3)21-19(25)18-12-24(23-22-18)17-4-6-20-7-5-17/h8-10,12,15,17,20H,4-7,11H2,1-3H3,(H,21,25). The van der Waals surface area contributed by atoms with Crippen molar-refractivity contribution in [3.63, 3.8) is 0 Å². The highest BCUT2D eigenvalue weighted by atomic mass is 16.2. The Balaban J connectivity index is 1.58. The Labute approximate surface area is 149 Å². The highest BCUT2D eigenvalue weighted by molar-refractivity contribution is 5.92. The number of carbonyl (C=O) groups is 1. The summed E-state index contributed by atoms with van der Waals surface area (Å²) in [5.74, 6) is -0.156. The smallest absolute Gasteiger partial charge is 0.273 e. The number of rotatable bonds is 5. The lowest BCUT2D eigenvalue weighted by Crippen LogP contribution is -2.34. The van der Waals surface area contributed by atoms with Gasteiger partial charge in [-0.1, -0.05) is 34.5 Å². The third-order valence-electron chi connectivity index (χ3n) is 4.63. The highest BCUT2D eigenvalue weighted by Crippen LogP contribution is 2.17. The van der Waals surface area contributed by atoms with Gasteiger partial charge >= 0.3 is 0 Å². The van der Waals surface area contributed by atoms with Crippen molar-refractivity contribution >= 4 is 5.91 Å². The fraction of sp³-hybridized carbons (Fsp3) is 0.526. The maximum atomic E-state index is 12.4. The van der Waals surface area contributed by atoms with Crippen molar-refractivity contribution in [1.82, 2.24) is 25.6 Å². The number of nitrogens with one attached hydrogen (secondary N) is 2. The number of amides is 1. The summed E-state index contributed by atoms with van der Waals surface area (Å²) in [6, 6.07) is 6.87. The average Bonchev–Trinajstić information content (AvgIpc) is 3.04. The van der Waals surface area contributed by atoms with Crippen LogP contribution in [-0.2, 0) is 6.42 Å². The first kappa shape index (κ1) is 17.6. The van der Waals surface area contributed by atoms with Crippen LogP contribution in [0.4, 0.5) is 0 Å². The van der Waals surface area contributed by atoms with Gasteiger partial charge in [-0.3, -0.25) is 4.79 Å². The number of hydrogen-bond acceptors (Lipinski definition) is 4. The van der Waals surface area contributed by atoms with Gasteiger partial charge in [0.25, 0.3) is 5.91 Å². The molecule has 1 aromatic heterocycles. The summed E-state index contributed by atoms with van der Waals surface area (Å²) in [5.41, 5.74) is 4.13. The van der Waals surface area contributed by atoms with Crippen LogP contribution in [0.3, 0.4) is 0 Å². The minimum absolute atomic E-state index is 0.0396. The zero-order valence-electron chi connectivity index (χ0n) is 15.2. The topological polar surface area (TPSA) is 71.8 Å². The number of hydrogen-bond donors (Lipinski definition) is 2. The van der Waals surface area contributed by atoms with E-state index in [0.717, 1.165) is 32.4 Å².